The summed E-state index contributed by atoms with van der Waals surface area (Å²) in [5.74, 6) is -0.186. The first-order valence-electron chi connectivity index (χ1n) is 5.73. The molecule has 0 spiro atoms. The molecule has 0 aromatic heterocycles. The van der Waals surface area contributed by atoms with Crippen LogP contribution in [0.5, 0.6) is 0 Å². The Labute approximate surface area is 125 Å². The van der Waals surface area contributed by atoms with Gasteiger partial charge in [0.25, 0.3) is 0 Å². The molecule has 5 heteroatoms. The molecular weight excluding hydrogens is 295 g/mol. The van der Waals surface area contributed by atoms with Crippen molar-refractivity contribution in [1.29, 1.82) is 5.26 Å². The van der Waals surface area contributed by atoms with E-state index in [-0.39, 0.29) is 5.78 Å². The molecule has 0 unspecified atom stereocenters. The van der Waals surface area contributed by atoms with E-state index < -0.39 is 0 Å². The largest absolute Gasteiger partial charge is 0.289 e. The molecule has 1 aliphatic rings. The summed E-state index contributed by atoms with van der Waals surface area (Å²) in [6.45, 7) is 0. The number of nitriles is 1. The van der Waals surface area contributed by atoms with Gasteiger partial charge in [0.1, 0.15) is 0 Å². The summed E-state index contributed by atoms with van der Waals surface area (Å²) in [6.07, 6.45) is 1.76. The van der Waals surface area contributed by atoms with Gasteiger partial charge in [0.2, 0.25) is 6.19 Å². The third-order valence-electron chi connectivity index (χ3n) is 3.14. The number of ketones is 1. The van der Waals surface area contributed by atoms with Crippen LogP contribution in [0.3, 0.4) is 0 Å². The Morgan fingerprint density at radius 1 is 1.05 bits per heavy atom. The van der Waals surface area contributed by atoms with E-state index in [1.165, 1.54) is 0 Å². The number of carbonyl (C=O) groups excluding carboxylic acids is 1. The number of hydrogen-bond acceptors (Lipinski definition) is 3. The number of nitrogens with zero attached hydrogens (tertiary/aromatic N) is 2. The van der Waals surface area contributed by atoms with Crippen LogP contribution in [-0.2, 0) is 0 Å². The van der Waals surface area contributed by atoms with E-state index >= 15 is 0 Å². The number of carbonyl (C=O) groups is 1. The molecular formula is C15H6Cl2N2O. The predicted molar refractivity (Wildman–Crippen MR) is 77.6 cm³/mol. The number of rotatable bonds is 0. The average Bonchev–Trinajstić information content (AvgIpc) is 2.43. The summed E-state index contributed by atoms with van der Waals surface area (Å²) in [5, 5.41) is 9.71. The minimum atomic E-state index is -0.186. The predicted octanol–water partition coefficient (Wildman–Crippen LogP) is 3.86. The van der Waals surface area contributed by atoms with Crippen molar-refractivity contribution in [3.8, 4) is 6.19 Å². The second-order valence-electron chi connectivity index (χ2n) is 4.24. The van der Waals surface area contributed by atoms with E-state index in [9.17, 15) is 4.79 Å². The highest BCUT2D eigenvalue weighted by atomic mass is 35.5. The van der Waals surface area contributed by atoms with Crippen LogP contribution in [0.15, 0.2) is 41.4 Å². The summed E-state index contributed by atoms with van der Waals surface area (Å²) in [4.78, 5) is 16.4. The number of benzene rings is 2. The van der Waals surface area contributed by atoms with Crippen molar-refractivity contribution >= 4 is 34.7 Å². The zero-order valence-corrected chi connectivity index (χ0v) is 11.5. The van der Waals surface area contributed by atoms with Gasteiger partial charge in [-0.1, -0.05) is 35.3 Å². The van der Waals surface area contributed by atoms with Crippen LogP contribution in [0.1, 0.15) is 27.0 Å². The van der Waals surface area contributed by atoms with Crippen molar-refractivity contribution < 1.29 is 4.79 Å². The molecule has 0 aliphatic heterocycles. The van der Waals surface area contributed by atoms with Crippen LogP contribution in [0.25, 0.3) is 0 Å². The minimum Gasteiger partial charge on any atom is -0.289 e. The third-order valence-corrected chi connectivity index (χ3v) is 3.69. The zero-order valence-electron chi connectivity index (χ0n) is 10.0. The van der Waals surface area contributed by atoms with E-state index in [4.69, 9.17) is 28.5 Å². The van der Waals surface area contributed by atoms with Crippen LogP contribution in [-0.4, -0.2) is 11.5 Å². The summed E-state index contributed by atoms with van der Waals surface area (Å²) >= 11 is 12.1. The molecule has 0 amide bonds. The van der Waals surface area contributed by atoms with Gasteiger partial charge in [0.05, 0.1) is 16.3 Å². The molecule has 3 rings (SSSR count). The summed E-state index contributed by atoms with van der Waals surface area (Å²) in [6, 6.07) is 9.97. The lowest BCUT2D eigenvalue weighted by atomic mass is 9.83. The number of hydrogen-bond donors (Lipinski definition) is 0. The third kappa shape index (κ3) is 1.82. The fourth-order valence-corrected chi connectivity index (χ4v) is 2.75. The van der Waals surface area contributed by atoms with Crippen LogP contribution < -0.4 is 0 Å². The van der Waals surface area contributed by atoms with Crippen LogP contribution in [0.2, 0.25) is 10.0 Å². The van der Waals surface area contributed by atoms with Crippen LogP contribution in [0, 0.1) is 11.5 Å². The quantitative estimate of drug-likeness (QED) is 0.592. The molecule has 3 nitrogen and oxygen atoms in total. The molecule has 96 valence electrons. The van der Waals surface area contributed by atoms with Crippen molar-refractivity contribution in [3.05, 3.63) is 68.7 Å². The molecule has 0 atom stereocenters. The monoisotopic (exact) mass is 300 g/mol. The molecule has 0 radical (unpaired) electrons. The normalized spacial score (nSPS) is 14.7. The molecule has 2 aromatic rings. The first kappa shape index (κ1) is 12.9. The van der Waals surface area contributed by atoms with E-state index in [2.05, 4.69) is 4.99 Å². The Morgan fingerprint density at radius 2 is 1.85 bits per heavy atom. The van der Waals surface area contributed by atoms with Crippen LogP contribution >= 0.6 is 23.2 Å². The summed E-state index contributed by atoms with van der Waals surface area (Å²) in [7, 11) is 0. The van der Waals surface area contributed by atoms with Gasteiger partial charge in [-0.3, -0.25) is 4.79 Å². The molecule has 0 bridgehead atoms. The van der Waals surface area contributed by atoms with Gasteiger partial charge in [0.15, 0.2) is 5.78 Å². The first-order valence-corrected chi connectivity index (χ1v) is 6.49. The van der Waals surface area contributed by atoms with Crippen molar-refractivity contribution in [1.82, 2.24) is 0 Å². The molecule has 0 saturated carbocycles. The first-order chi connectivity index (χ1) is 9.63. The molecule has 0 heterocycles. The maximum Gasteiger partial charge on any atom is 0.206 e. The second-order valence-corrected chi connectivity index (χ2v) is 5.09. The molecule has 0 saturated heterocycles. The molecule has 1 aliphatic carbocycles. The van der Waals surface area contributed by atoms with Gasteiger partial charge < -0.3 is 0 Å². The Bertz CT molecular complexity index is 815. The Hall–Kier alpha value is -2.15. The number of halogens is 2. The van der Waals surface area contributed by atoms with Gasteiger partial charge in [-0.05, 0) is 24.3 Å². The van der Waals surface area contributed by atoms with Gasteiger partial charge in [-0.2, -0.15) is 10.3 Å². The van der Waals surface area contributed by atoms with Gasteiger partial charge in [-0.15, -0.1) is 0 Å². The summed E-state index contributed by atoms with van der Waals surface area (Å²) in [5.41, 5.74) is 2.35. The van der Waals surface area contributed by atoms with Crippen LogP contribution in [0.4, 0.5) is 0 Å². The second kappa shape index (κ2) is 4.75. The lowest BCUT2D eigenvalue weighted by molar-refractivity contribution is 0.103. The Balaban J connectivity index is 2.41. The maximum atomic E-state index is 12.5. The standard InChI is InChI=1S/C15H6Cl2N2O/c16-8-4-5-9-11(6-8)14(19-7-18)10-2-1-3-12(17)13(10)15(9)20/h1-6H. The molecule has 0 N–H and O–H groups in total. The maximum absolute atomic E-state index is 12.5. The highest BCUT2D eigenvalue weighted by Crippen LogP contribution is 2.33. The van der Waals surface area contributed by atoms with Gasteiger partial charge >= 0.3 is 0 Å². The van der Waals surface area contributed by atoms with Crippen molar-refractivity contribution in [3.63, 3.8) is 0 Å². The smallest absolute Gasteiger partial charge is 0.206 e. The Morgan fingerprint density at radius 3 is 2.60 bits per heavy atom. The molecule has 20 heavy (non-hydrogen) atoms. The zero-order chi connectivity index (χ0) is 14.3. The number of fused-ring (bicyclic) bond motifs is 2. The van der Waals surface area contributed by atoms with Gasteiger partial charge in [0, 0.05) is 21.7 Å². The fraction of sp³-hybridized carbons (Fsp3) is 0. The lowest BCUT2D eigenvalue weighted by Crippen LogP contribution is -2.21. The van der Waals surface area contributed by atoms with Crippen molar-refractivity contribution in [2.24, 2.45) is 4.99 Å². The highest BCUT2D eigenvalue weighted by Gasteiger charge is 2.30. The Kier molecular flexibility index (Phi) is 3.06. The summed E-state index contributed by atoms with van der Waals surface area (Å²) < 4.78 is 0. The number of aliphatic imine (C=N–C) groups is 1. The van der Waals surface area contributed by atoms with Crippen molar-refractivity contribution in [2.75, 3.05) is 0 Å². The fourth-order valence-electron chi connectivity index (χ4n) is 2.31. The minimum absolute atomic E-state index is 0.186. The topological polar surface area (TPSA) is 53.2 Å². The van der Waals surface area contributed by atoms with Gasteiger partial charge in [-0.25, -0.2) is 0 Å². The SMILES string of the molecule is N#CN=C1c2cc(Cl)ccc2C(=O)c2c(Cl)cccc21. The average molecular weight is 301 g/mol. The van der Waals surface area contributed by atoms with E-state index in [0.29, 0.717) is 38.0 Å². The molecule has 0 fully saturated rings. The highest BCUT2D eigenvalue weighted by molar-refractivity contribution is 6.40. The van der Waals surface area contributed by atoms with Crippen molar-refractivity contribution in [2.45, 2.75) is 0 Å². The lowest BCUT2D eigenvalue weighted by Gasteiger charge is -2.20. The van der Waals surface area contributed by atoms with E-state index in [0.717, 1.165) is 0 Å². The van der Waals surface area contributed by atoms with E-state index in [1.54, 1.807) is 42.6 Å². The molecule has 2 aromatic carbocycles. The van der Waals surface area contributed by atoms with E-state index in [1.807, 2.05) is 0 Å².